The number of rotatable bonds is 3. The highest BCUT2D eigenvalue weighted by molar-refractivity contribution is 5.48. The molecular formula is C17H27N3. The summed E-state index contributed by atoms with van der Waals surface area (Å²) >= 11 is 0. The van der Waals surface area contributed by atoms with Gasteiger partial charge in [-0.25, -0.2) is 0 Å². The van der Waals surface area contributed by atoms with Crippen molar-refractivity contribution < 1.29 is 0 Å². The molecule has 2 rings (SSSR count). The van der Waals surface area contributed by atoms with Crippen LogP contribution >= 0.6 is 0 Å². The zero-order chi connectivity index (χ0) is 14.9. The molecule has 0 saturated carbocycles. The molecule has 3 heteroatoms. The Morgan fingerprint density at radius 2 is 1.95 bits per heavy atom. The molecule has 0 radical (unpaired) electrons. The maximum absolute atomic E-state index is 4.42. The Morgan fingerprint density at radius 1 is 1.25 bits per heavy atom. The Kier molecular flexibility index (Phi) is 4.36. The number of pyridine rings is 1. The predicted molar refractivity (Wildman–Crippen MR) is 86.1 cm³/mol. The van der Waals surface area contributed by atoms with Crippen LogP contribution < -0.4 is 4.90 Å². The summed E-state index contributed by atoms with van der Waals surface area (Å²) in [5.74, 6) is 0.520. The third kappa shape index (κ3) is 2.82. The van der Waals surface area contributed by atoms with E-state index in [0.29, 0.717) is 18.0 Å². The molecule has 0 bridgehead atoms. The van der Waals surface area contributed by atoms with Gasteiger partial charge < -0.3 is 9.80 Å². The number of piperazine rings is 1. The second-order valence-electron chi connectivity index (χ2n) is 6.23. The smallest absolute Gasteiger partial charge is 0.0559 e. The highest BCUT2D eigenvalue weighted by Crippen LogP contribution is 2.27. The fraction of sp³-hybridized carbons (Fsp3) is 0.588. The number of allylic oxidation sites excluding steroid dienone is 1. The third-order valence-corrected chi connectivity index (χ3v) is 4.50. The maximum Gasteiger partial charge on any atom is 0.0559 e. The summed E-state index contributed by atoms with van der Waals surface area (Å²) < 4.78 is 0. The molecule has 1 aliphatic rings. The average Bonchev–Trinajstić information content (AvgIpc) is 2.41. The molecule has 0 spiro atoms. The lowest BCUT2D eigenvalue weighted by atomic mass is 10.0. The van der Waals surface area contributed by atoms with E-state index in [0.717, 1.165) is 18.8 Å². The van der Waals surface area contributed by atoms with Crippen molar-refractivity contribution in [2.75, 3.05) is 18.0 Å². The van der Waals surface area contributed by atoms with Crippen LogP contribution in [-0.4, -0.2) is 35.1 Å². The molecule has 0 aliphatic carbocycles. The van der Waals surface area contributed by atoms with Gasteiger partial charge in [-0.2, -0.15) is 0 Å². The van der Waals surface area contributed by atoms with E-state index >= 15 is 0 Å². The summed E-state index contributed by atoms with van der Waals surface area (Å²) in [7, 11) is 0. The van der Waals surface area contributed by atoms with Crippen LogP contribution in [0.2, 0.25) is 0 Å². The Balaban J connectivity index is 2.22. The molecule has 1 aromatic heterocycles. The monoisotopic (exact) mass is 273 g/mol. The summed E-state index contributed by atoms with van der Waals surface area (Å²) in [5, 5.41) is 0. The SMILES string of the molecule is C=C(C)N1CCN(c2cncc(C(C)C)c2)C(C)C1C. The molecule has 1 saturated heterocycles. The Labute approximate surface area is 123 Å². The lowest BCUT2D eigenvalue weighted by Gasteiger charge is -2.47. The van der Waals surface area contributed by atoms with Crippen molar-refractivity contribution in [2.24, 2.45) is 0 Å². The van der Waals surface area contributed by atoms with E-state index in [1.807, 2.05) is 12.4 Å². The van der Waals surface area contributed by atoms with Gasteiger partial charge in [0.25, 0.3) is 0 Å². The van der Waals surface area contributed by atoms with Crippen molar-refractivity contribution in [3.05, 3.63) is 36.3 Å². The van der Waals surface area contributed by atoms with Crippen LogP contribution in [0.1, 0.15) is 46.1 Å². The summed E-state index contributed by atoms with van der Waals surface area (Å²) in [6.45, 7) is 17.3. The van der Waals surface area contributed by atoms with Crippen molar-refractivity contribution in [3.63, 3.8) is 0 Å². The van der Waals surface area contributed by atoms with Gasteiger partial charge in [-0.05, 0) is 38.3 Å². The Morgan fingerprint density at radius 3 is 2.55 bits per heavy atom. The number of nitrogens with zero attached hydrogens (tertiary/aromatic N) is 3. The number of hydrogen-bond donors (Lipinski definition) is 0. The first-order valence-electron chi connectivity index (χ1n) is 7.55. The quantitative estimate of drug-likeness (QED) is 0.838. The molecule has 20 heavy (non-hydrogen) atoms. The van der Waals surface area contributed by atoms with Crippen molar-refractivity contribution in [1.82, 2.24) is 9.88 Å². The molecule has 1 aromatic rings. The fourth-order valence-electron chi connectivity index (χ4n) is 2.96. The molecule has 2 unspecified atom stereocenters. The maximum atomic E-state index is 4.42. The van der Waals surface area contributed by atoms with Gasteiger partial charge in [0.1, 0.15) is 0 Å². The zero-order valence-electron chi connectivity index (χ0n) is 13.4. The topological polar surface area (TPSA) is 19.4 Å². The van der Waals surface area contributed by atoms with Crippen molar-refractivity contribution in [1.29, 1.82) is 0 Å². The summed E-state index contributed by atoms with van der Waals surface area (Å²) in [4.78, 5) is 9.30. The molecule has 110 valence electrons. The van der Waals surface area contributed by atoms with Crippen molar-refractivity contribution in [3.8, 4) is 0 Å². The van der Waals surface area contributed by atoms with Crippen LogP contribution in [0, 0.1) is 0 Å². The first-order valence-corrected chi connectivity index (χ1v) is 7.55. The third-order valence-electron chi connectivity index (χ3n) is 4.50. The molecule has 0 aromatic carbocycles. The van der Waals surface area contributed by atoms with E-state index in [-0.39, 0.29) is 0 Å². The lowest BCUT2D eigenvalue weighted by Crippen LogP contribution is -2.56. The zero-order valence-corrected chi connectivity index (χ0v) is 13.4. The van der Waals surface area contributed by atoms with Crippen LogP contribution in [0.4, 0.5) is 5.69 Å². The van der Waals surface area contributed by atoms with E-state index in [1.54, 1.807) is 0 Å². The largest absolute Gasteiger partial charge is 0.369 e. The highest BCUT2D eigenvalue weighted by Gasteiger charge is 2.30. The van der Waals surface area contributed by atoms with E-state index in [1.165, 1.54) is 11.3 Å². The second kappa shape index (κ2) is 5.86. The van der Waals surface area contributed by atoms with Crippen LogP contribution in [0.5, 0.6) is 0 Å². The van der Waals surface area contributed by atoms with Gasteiger partial charge in [-0.3, -0.25) is 4.98 Å². The first-order chi connectivity index (χ1) is 9.41. The molecule has 2 heterocycles. The van der Waals surface area contributed by atoms with Gasteiger partial charge in [0, 0.05) is 37.1 Å². The minimum absolute atomic E-state index is 0.463. The molecule has 1 fully saturated rings. The molecule has 3 nitrogen and oxygen atoms in total. The molecule has 1 aliphatic heterocycles. The Hall–Kier alpha value is -1.51. The van der Waals surface area contributed by atoms with Gasteiger partial charge in [0.2, 0.25) is 0 Å². The summed E-state index contributed by atoms with van der Waals surface area (Å²) in [5.41, 5.74) is 3.72. The number of anilines is 1. The highest BCUT2D eigenvalue weighted by atomic mass is 15.3. The van der Waals surface area contributed by atoms with Gasteiger partial charge in [0.15, 0.2) is 0 Å². The van der Waals surface area contributed by atoms with Crippen LogP contribution in [0.3, 0.4) is 0 Å². The standard InChI is InChI=1S/C17H27N3/c1-12(2)16-9-17(11-18-10-16)20-8-7-19(13(3)4)14(5)15(20)6/h9-12,14-15H,3,7-8H2,1-2,4-6H3. The number of aromatic nitrogens is 1. The van der Waals surface area contributed by atoms with Crippen LogP contribution in [0.25, 0.3) is 0 Å². The van der Waals surface area contributed by atoms with Crippen molar-refractivity contribution >= 4 is 5.69 Å². The normalized spacial score (nSPS) is 23.3. The summed E-state index contributed by atoms with van der Waals surface area (Å²) in [6.07, 6.45) is 3.97. The minimum Gasteiger partial charge on any atom is -0.369 e. The lowest BCUT2D eigenvalue weighted by molar-refractivity contribution is 0.205. The van der Waals surface area contributed by atoms with Gasteiger partial charge in [0.05, 0.1) is 11.9 Å². The molecular weight excluding hydrogens is 246 g/mol. The number of hydrogen-bond acceptors (Lipinski definition) is 3. The molecule has 0 N–H and O–H groups in total. The van der Waals surface area contributed by atoms with Gasteiger partial charge >= 0.3 is 0 Å². The van der Waals surface area contributed by atoms with Crippen LogP contribution in [0.15, 0.2) is 30.7 Å². The first kappa shape index (κ1) is 14.9. The molecule has 2 atom stereocenters. The van der Waals surface area contributed by atoms with Crippen LogP contribution in [-0.2, 0) is 0 Å². The van der Waals surface area contributed by atoms with E-state index in [9.17, 15) is 0 Å². The average molecular weight is 273 g/mol. The fourth-order valence-corrected chi connectivity index (χ4v) is 2.96. The Bertz CT molecular complexity index is 481. The summed E-state index contributed by atoms with van der Waals surface area (Å²) in [6, 6.07) is 3.23. The minimum atomic E-state index is 0.463. The van der Waals surface area contributed by atoms with Gasteiger partial charge in [-0.1, -0.05) is 20.4 Å². The predicted octanol–water partition coefficient (Wildman–Crippen LogP) is 3.64. The van der Waals surface area contributed by atoms with Crippen molar-refractivity contribution in [2.45, 2.75) is 52.6 Å². The van der Waals surface area contributed by atoms with E-state index in [2.05, 4.69) is 62.0 Å². The second-order valence-corrected chi connectivity index (χ2v) is 6.23. The van der Waals surface area contributed by atoms with Gasteiger partial charge in [-0.15, -0.1) is 0 Å². The van der Waals surface area contributed by atoms with E-state index in [4.69, 9.17) is 0 Å². The van der Waals surface area contributed by atoms with E-state index < -0.39 is 0 Å². The molecule has 0 amide bonds.